The molecule has 0 aromatic heterocycles. The van der Waals surface area contributed by atoms with Gasteiger partial charge in [0, 0.05) is 19.2 Å². The van der Waals surface area contributed by atoms with E-state index in [1.165, 1.54) is 23.1 Å². The quantitative estimate of drug-likeness (QED) is 0.515. The second-order valence-corrected chi connectivity index (χ2v) is 5.32. The molecule has 1 aliphatic rings. The van der Waals surface area contributed by atoms with Crippen LogP contribution in [0.2, 0.25) is 0 Å². The van der Waals surface area contributed by atoms with Crippen LogP contribution in [-0.4, -0.2) is 34.7 Å². The van der Waals surface area contributed by atoms with Crippen LogP contribution in [0, 0.1) is 21.8 Å². The van der Waals surface area contributed by atoms with Crippen LogP contribution in [0.3, 0.4) is 0 Å². The highest BCUT2D eigenvalue weighted by Gasteiger charge is 2.26. The highest BCUT2D eigenvalue weighted by molar-refractivity contribution is 5.93. The lowest BCUT2D eigenvalue weighted by molar-refractivity contribution is -0.385. The van der Waals surface area contributed by atoms with E-state index in [-0.39, 0.29) is 23.9 Å². The average molecular weight is 321 g/mol. The summed E-state index contributed by atoms with van der Waals surface area (Å²) < 4.78 is 13.1. The lowest BCUT2D eigenvalue weighted by Crippen LogP contribution is -2.43. The molecule has 0 spiro atoms. The van der Waals surface area contributed by atoms with Crippen LogP contribution in [0.5, 0.6) is 0 Å². The van der Waals surface area contributed by atoms with Crippen LogP contribution < -0.4 is 5.73 Å². The fourth-order valence-corrected chi connectivity index (χ4v) is 2.49. The van der Waals surface area contributed by atoms with Gasteiger partial charge in [-0.2, -0.15) is 0 Å². The first-order chi connectivity index (χ1) is 10.9. The van der Waals surface area contributed by atoms with Gasteiger partial charge in [0.15, 0.2) is 0 Å². The Morgan fingerprint density at radius 2 is 2.17 bits per heavy atom. The third kappa shape index (κ3) is 4.12. The summed E-state index contributed by atoms with van der Waals surface area (Å²) in [6, 6.07) is 3.12. The minimum atomic E-state index is -0.722. The molecule has 1 saturated heterocycles. The first-order valence-electron chi connectivity index (χ1n) is 7.08. The van der Waals surface area contributed by atoms with Crippen LogP contribution in [0.4, 0.5) is 10.1 Å². The van der Waals surface area contributed by atoms with E-state index in [0.717, 1.165) is 12.1 Å². The van der Waals surface area contributed by atoms with Gasteiger partial charge in [0.2, 0.25) is 11.8 Å². The minimum absolute atomic E-state index is 0.133. The summed E-state index contributed by atoms with van der Waals surface area (Å²) >= 11 is 0. The molecular formula is C15H16FN3O4. The van der Waals surface area contributed by atoms with Gasteiger partial charge in [-0.1, -0.05) is 0 Å². The van der Waals surface area contributed by atoms with Crippen molar-refractivity contribution in [3.63, 3.8) is 0 Å². The lowest BCUT2D eigenvalue weighted by atomic mass is 9.97. The number of nitro groups is 1. The fourth-order valence-electron chi connectivity index (χ4n) is 2.49. The van der Waals surface area contributed by atoms with Crippen molar-refractivity contribution in [2.45, 2.75) is 12.8 Å². The fraction of sp³-hybridized carbons (Fsp3) is 0.333. The summed E-state index contributed by atoms with van der Waals surface area (Å²) in [6.07, 6.45) is 3.77. The molecule has 1 aromatic rings. The number of likely N-dealkylation sites (tertiary alicyclic amines) is 1. The number of carbonyl (C=O) groups is 2. The summed E-state index contributed by atoms with van der Waals surface area (Å²) in [7, 11) is 0. The molecule has 1 aromatic carbocycles. The molecule has 1 atom stereocenters. The summed E-state index contributed by atoms with van der Waals surface area (Å²) in [5.74, 6) is -1.91. The van der Waals surface area contributed by atoms with Crippen molar-refractivity contribution < 1.29 is 18.9 Å². The van der Waals surface area contributed by atoms with Gasteiger partial charge < -0.3 is 10.6 Å². The van der Waals surface area contributed by atoms with Crippen molar-refractivity contribution in [1.29, 1.82) is 0 Å². The topological polar surface area (TPSA) is 107 Å². The molecule has 0 aliphatic carbocycles. The molecule has 0 bridgehead atoms. The number of amides is 2. The summed E-state index contributed by atoms with van der Waals surface area (Å²) in [5.41, 5.74) is 4.97. The van der Waals surface area contributed by atoms with Gasteiger partial charge in [-0.05, 0) is 31.1 Å². The number of carbonyl (C=O) groups excluding carboxylic acids is 2. The molecule has 0 saturated carbocycles. The SMILES string of the molecule is NC(=O)[C@@H]1CCCN(C(=O)/C=C\c2ccc(F)cc2[N+](=O)[O-])C1. The Hall–Kier alpha value is -2.77. The molecule has 1 aliphatic heterocycles. The molecular weight excluding hydrogens is 305 g/mol. The first kappa shape index (κ1) is 16.6. The summed E-state index contributed by atoms with van der Waals surface area (Å²) in [5, 5.41) is 10.9. The van der Waals surface area contributed by atoms with Crippen molar-refractivity contribution in [2.24, 2.45) is 11.7 Å². The molecule has 7 nitrogen and oxygen atoms in total. The van der Waals surface area contributed by atoms with Crippen molar-refractivity contribution >= 4 is 23.6 Å². The van der Waals surface area contributed by atoms with Gasteiger partial charge in [-0.3, -0.25) is 19.7 Å². The highest BCUT2D eigenvalue weighted by Crippen LogP contribution is 2.22. The van der Waals surface area contributed by atoms with Gasteiger partial charge in [0.25, 0.3) is 5.69 Å². The number of nitrogens with zero attached hydrogens (tertiary/aromatic N) is 2. The molecule has 0 radical (unpaired) electrons. The second kappa shape index (κ2) is 6.99. The smallest absolute Gasteiger partial charge is 0.279 e. The van der Waals surface area contributed by atoms with E-state index in [1.807, 2.05) is 0 Å². The normalized spacial score (nSPS) is 18.1. The van der Waals surface area contributed by atoms with Crippen LogP contribution in [0.25, 0.3) is 6.08 Å². The lowest BCUT2D eigenvalue weighted by Gasteiger charge is -2.30. The number of piperidine rings is 1. The van der Waals surface area contributed by atoms with E-state index < -0.39 is 22.3 Å². The Kier molecular flexibility index (Phi) is 5.05. The van der Waals surface area contributed by atoms with Crippen molar-refractivity contribution in [2.75, 3.05) is 13.1 Å². The largest absolute Gasteiger partial charge is 0.369 e. The minimum Gasteiger partial charge on any atom is -0.369 e. The molecule has 8 heteroatoms. The maximum Gasteiger partial charge on any atom is 0.279 e. The Morgan fingerprint density at radius 1 is 1.43 bits per heavy atom. The van der Waals surface area contributed by atoms with Crippen molar-refractivity contribution in [1.82, 2.24) is 4.90 Å². The van der Waals surface area contributed by atoms with Crippen LogP contribution in [-0.2, 0) is 9.59 Å². The number of nitrogens with two attached hydrogens (primary N) is 1. The van der Waals surface area contributed by atoms with E-state index >= 15 is 0 Å². The third-order valence-electron chi connectivity index (χ3n) is 3.73. The standard InChI is InChI=1S/C15H16FN3O4/c16-12-5-3-10(13(8-12)19(22)23)4-6-14(20)18-7-1-2-11(9-18)15(17)21/h3-6,8,11H,1-2,7,9H2,(H2,17,21)/b6-4-/t11-/m1/s1. The van der Waals surface area contributed by atoms with Gasteiger partial charge in [0.05, 0.1) is 22.5 Å². The number of hydrogen-bond donors (Lipinski definition) is 1. The molecule has 2 rings (SSSR count). The molecule has 2 amide bonds. The van der Waals surface area contributed by atoms with Gasteiger partial charge in [0.1, 0.15) is 5.82 Å². The maximum atomic E-state index is 13.1. The summed E-state index contributed by atoms with van der Waals surface area (Å²) in [4.78, 5) is 35.0. The number of halogens is 1. The third-order valence-corrected chi connectivity index (χ3v) is 3.73. The van der Waals surface area contributed by atoms with Gasteiger partial charge in [-0.25, -0.2) is 4.39 Å². The molecule has 1 heterocycles. The molecule has 0 unspecified atom stereocenters. The predicted molar refractivity (Wildman–Crippen MR) is 80.6 cm³/mol. The number of nitro benzene ring substituents is 1. The van der Waals surface area contributed by atoms with E-state index in [4.69, 9.17) is 5.73 Å². The van der Waals surface area contributed by atoms with E-state index in [0.29, 0.717) is 19.4 Å². The van der Waals surface area contributed by atoms with Gasteiger partial charge >= 0.3 is 0 Å². The van der Waals surface area contributed by atoms with E-state index in [1.54, 1.807) is 0 Å². The Morgan fingerprint density at radius 3 is 2.83 bits per heavy atom. The first-order valence-corrected chi connectivity index (χ1v) is 7.08. The van der Waals surface area contributed by atoms with Crippen LogP contribution in [0.1, 0.15) is 18.4 Å². The van der Waals surface area contributed by atoms with Crippen molar-refractivity contribution in [3.8, 4) is 0 Å². The highest BCUT2D eigenvalue weighted by atomic mass is 19.1. The Balaban J connectivity index is 2.12. The molecule has 23 heavy (non-hydrogen) atoms. The molecule has 1 fully saturated rings. The average Bonchev–Trinajstić information content (AvgIpc) is 2.53. The van der Waals surface area contributed by atoms with E-state index in [2.05, 4.69) is 0 Å². The Bertz CT molecular complexity index is 675. The van der Waals surface area contributed by atoms with Crippen molar-refractivity contribution in [3.05, 3.63) is 45.8 Å². The number of rotatable bonds is 4. The van der Waals surface area contributed by atoms with Crippen LogP contribution in [0.15, 0.2) is 24.3 Å². The zero-order valence-electron chi connectivity index (χ0n) is 12.3. The monoisotopic (exact) mass is 321 g/mol. The summed E-state index contributed by atoms with van der Waals surface area (Å²) in [6.45, 7) is 0.739. The van der Waals surface area contributed by atoms with Gasteiger partial charge in [-0.15, -0.1) is 0 Å². The number of hydrogen-bond acceptors (Lipinski definition) is 4. The van der Waals surface area contributed by atoms with Crippen LogP contribution >= 0.6 is 0 Å². The molecule has 122 valence electrons. The number of benzene rings is 1. The Labute approximate surface area is 131 Å². The second-order valence-electron chi connectivity index (χ2n) is 5.32. The maximum absolute atomic E-state index is 13.1. The predicted octanol–water partition coefficient (Wildman–Crippen LogP) is 1.47. The zero-order chi connectivity index (χ0) is 17.0. The number of primary amides is 1. The molecule has 2 N–H and O–H groups in total. The zero-order valence-corrected chi connectivity index (χ0v) is 12.3. The van der Waals surface area contributed by atoms with E-state index in [9.17, 15) is 24.1 Å².